The number of rotatable bonds is 4. The second kappa shape index (κ2) is 6.17. The summed E-state index contributed by atoms with van der Waals surface area (Å²) in [6.45, 7) is 4.86. The van der Waals surface area contributed by atoms with Crippen molar-refractivity contribution in [2.75, 3.05) is 20.1 Å². The number of likely N-dealkylation sites (N-methyl/N-ethyl adjacent to an activating group) is 2. The van der Waals surface area contributed by atoms with Gasteiger partial charge in [0.05, 0.1) is 12.3 Å². The lowest BCUT2D eigenvalue weighted by molar-refractivity contribution is -0.135. The number of nitrogens with one attached hydrogen (secondary N) is 1. The van der Waals surface area contributed by atoms with E-state index in [0.717, 1.165) is 4.31 Å². The fourth-order valence-corrected chi connectivity index (χ4v) is 3.77. The summed E-state index contributed by atoms with van der Waals surface area (Å²) in [5, 5.41) is 0. The quantitative estimate of drug-likeness (QED) is 0.888. The Hall–Kier alpha value is -1.38. The third-order valence-electron chi connectivity index (χ3n) is 3.81. The normalized spacial score (nSPS) is 25.7. The Morgan fingerprint density at radius 1 is 1.48 bits per heavy atom. The van der Waals surface area contributed by atoms with E-state index in [1.54, 1.807) is 17.0 Å². The summed E-state index contributed by atoms with van der Waals surface area (Å²) in [6, 6.07) is 2.16. The van der Waals surface area contributed by atoms with Crippen molar-refractivity contribution < 1.29 is 17.6 Å². The monoisotopic (exact) mass is 315 g/mol. The number of carbonyl (C=O) groups excluding carboxylic acids is 1. The maximum atomic E-state index is 12.5. The number of hydrogen-bond acceptors (Lipinski definition) is 4. The fraction of sp³-hybridized carbons (Fsp3) is 0.615. The smallest absolute Gasteiger partial charge is 0.280 e. The maximum absolute atomic E-state index is 12.5. The molecule has 0 radical (unpaired) electrons. The standard InChI is InChI=1S/C13H21N3O4S/c1-4-16(5-2)13(17)11-9-10(12-7-6-8-20-12)14-21(18,19)15(11)3/h6-8,10-11,14H,4-5,9H2,1-3H3/t10-,11+/m0/s1. The zero-order chi connectivity index (χ0) is 15.6. The van der Waals surface area contributed by atoms with Crippen LogP contribution in [0.2, 0.25) is 0 Å². The van der Waals surface area contributed by atoms with Crippen molar-refractivity contribution in [3.05, 3.63) is 24.2 Å². The Kier molecular flexibility index (Phi) is 4.70. The van der Waals surface area contributed by atoms with Crippen LogP contribution in [0.25, 0.3) is 0 Å². The highest BCUT2D eigenvalue weighted by Crippen LogP contribution is 2.28. The molecule has 7 nitrogen and oxygen atoms in total. The van der Waals surface area contributed by atoms with E-state index in [1.807, 2.05) is 13.8 Å². The van der Waals surface area contributed by atoms with Crippen LogP contribution in [0, 0.1) is 0 Å². The predicted octanol–water partition coefficient (Wildman–Crippen LogP) is 0.728. The second-order valence-corrected chi connectivity index (χ2v) is 6.73. The van der Waals surface area contributed by atoms with E-state index in [2.05, 4.69) is 4.72 Å². The third kappa shape index (κ3) is 3.12. The van der Waals surface area contributed by atoms with Gasteiger partial charge >= 0.3 is 0 Å². The van der Waals surface area contributed by atoms with Gasteiger partial charge in [0.1, 0.15) is 11.8 Å². The molecule has 1 aliphatic heterocycles. The van der Waals surface area contributed by atoms with Crippen LogP contribution in [0.5, 0.6) is 0 Å². The van der Waals surface area contributed by atoms with Crippen molar-refractivity contribution in [1.29, 1.82) is 0 Å². The number of nitrogens with zero attached hydrogens (tertiary/aromatic N) is 2. The minimum absolute atomic E-state index is 0.177. The molecule has 118 valence electrons. The molecule has 1 N–H and O–H groups in total. The van der Waals surface area contributed by atoms with Crippen LogP contribution in [-0.2, 0) is 15.0 Å². The molecule has 0 aromatic carbocycles. The summed E-state index contributed by atoms with van der Waals surface area (Å²) < 4.78 is 33.3. The molecule has 1 aliphatic rings. The highest BCUT2D eigenvalue weighted by Gasteiger charge is 2.42. The molecule has 1 aromatic heterocycles. The minimum atomic E-state index is -3.70. The first-order valence-corrected chi connectivity index (χ1v) is 8.42. The van der Waals surface area contributed by atoms with Crippen LogP contribution in [-0.4, -0.2) is 49.7 Å². The molecule has 2 rings (SSSR count). The van der Waals surface area contributed by atoms with Gasteiger partial charge in [-0.15, -0.1) is 0 Å². The van der Waals surface area contributed by atoms with Gasteiger partial charge in [-0.1, -0.05) is 0 Å². The van der Waals surface area contributed by atoms with Crippen molar-refractivity contribution >= 4 is 16.1 Å². The lowest BCUT2D eigenvalue weighted by atomic mass is 10.0. The summed E-state index contributed by atoms with van der Waals surface area (Å²) in [5.74, 6) is 0.341. The number of furan rings is 1. The molecule has 0 aliphatic carbocycles. The number of hydrogen-bond donors (Lipinski definition) is 1. The van der Waals surface area contributed by atoms with Crippen molar-refractivity contribution in [1.82, 2.24) is 13.9 Å². The van der Waals surface area contributed by atoms with Gasteiger partial charge in [-0.3, -0.25) is 4.79 Å². The van der Waals surface area contributed by atoms with Gasteiger partial charge in [-0.05, 0) is 32.4 Å². The zero-order valence-corrected chi connectivity index (χ0v) is 13.3. The Balaban J connectivity index is 2.29. The minimum Gasteiger partial charge on any atom is -0.468 e. The topological polar surface area (TPSA) is 82.9 Å². The van der Waals surface area contributed by atoms with Crippen molar-refractivity contribution in [3.8, 4) is 0 Å². The van der Waals surface area contributed by atoms with Crippen LogP contribution in [0.4, 0.5) is 0 Å². The van der Waals surface area contributed by atoms with E-state index in [1.165, 1.54) is 13.3 Å². The Morgan fingerprint density at radius 3 is 2.67 bits per heavy atom. The summed E-state index contributed by atoms with van der Waals surface area (Å²) in [5.41, 5.74) is 0. The van der Waals surface area contributed by atoms with E-state index in [-0.39, 0.29) is 5.91 Å². The average molecular weight is 315 g/mol. The molecular formula is C13H21N3O4S. The van der Waals surface area contributed by atoms with Crippen molar-refractivity contribution in [2.24, 2.45) is 0 Å². The fourth-order valence-electron chi connectivity index (χ4n) is 2.52. The number of amides is 1. The molecule has 1 amide bonds. The van der Waals surface area contributed by atoms with E-state index < -0.39 is 22.3 Å². The summed E-state index contributed by atoms with van der Waals surface area (Å²) in [6.07, 6.45) is 1.84. The van der Waals surface area contributed by atoms with Gasteiger partial charge in [-0.2, -0.15) is 17.4 Å². The van der Waals surface area contributed by atoms with Crippen LogP contribution in [0.3, 0.4) is 0 Å². The van der Waals surface area contributed by atoms with Gasteiger partial charge in [0, 0.05) is 20.1 Å². The first-order chi connectivity index (χ1) is 9.90. The van der Waals surface area contributed by atoms with Crippen LogP contribution in [0.1, 0.15) is 32.1 Å². The predicted molar refractivity (Wildman–Crippen MR) is 77.6 cm³/mol. The lowest BCUT2D eigenvalue weighted by Gasteiger charge is -2.37. The molecule has 2 heterocycles. The lowest BCUT2D eigenvalue weighted by Crippen LogP contribution is -2.57. The molecule has 0 saturated carbocycles. The Labute approximate surface area is 125 Å². The van der Waals surface area contributed by atoms with E-state index >= 15 is 0 Å². The maximum Gasteiger partial charge on any atom is 0.280 e. The largest absolute Gasteiger partial charge is 0.468 e. The van der Waals surface area contributed by atoms with E-state index in [9.17, 15) is 13.2 Å². The summed E-state index contributed by atoms with van der Waals surface area (Å²) in [7, 11) is -2.28. The molecule has 8 heteroatoms. The highest BCUT2D eigenvalue weighted by atomic mass is 32.2. The van der Waals surface area contributed by atoms with Crippen LogP contribution >= 0.6 is 0 Å². The molecular weight excluding hydrogens is 294 g/mol. The van der Waals surface area contributed by atoms with Crippen molar-refractivity contribution in [3.63, 3.8) is 0 Å². The van der Waals surface area contributed by atoms with E-state index in [4.69, 9.17) is 4.42 Å². The van der Waals surface area contributed by atoms with E-state index in [0.29, 0.717) is 25.3 Å². The molecule has 21 heavy (non-hydrogen) atoms. The summed E-state index contributed by atoms with van der Waals surface area (Å²) in [4.78, 5) is 14.2. The highest BCUT2D eigenvalue weighted by molar-refractivity contribution is 7.87. The zero-order valence-electron chi connectivity index (χ0n) is 12.4. The van der Waals surface area contributed by atoms with Crippen molar-refractivity contribution in [2.45, 2.75) is 32.4 Å². The summed E-state index contributed by atoms with van der Waals surface area (Å²) >= 11 is 0. The Morgan fingerprint density at radius 2 is 2.14 bits per heavy atom. The Bertz CT molecular complexity index is 581. The van der Waals surface area contributed by atoms with Gasteiger partial charge < -0.3 is 9.32 Å². The van der Waals surface area contributed by atoms with Crippen LogP contribution in [0.15, 0.2) is 22.8 Å². The first-order valence-electron chi connectivity index (χ1n) is 6.98. The second-order valence-electron chi connectivity index (χ2n) is 4.97. The first kappa shape index (κ1) is 16.0. The average Bonchev–Trinajstić information content (AvgIpc) is 2.97. The van der Waals surface area contributed by atoms with Gasteiger partial charge in [0.15, 0.2) is 0 Å². The van der Waals surface area contributed by atoms with Gasteiger partial charge in [-0.25, -0.2) is 0 Å². The molecule has 0 bridgehead atoms. The van der Waals surface area contributed by atoms with Gasteiger partial charge in [0.25, 0.3) is 10.2 Å². The third-order valence-corrected chi connectivity index (χ3v) is 5.41. The van der Waals surface area contributed by atoms with Gasteiger partial charge in [0.2, 0.25) is 5.91 Å². The molecule has 2 atom stereocenters. The molecule has 1 aromatic rings. The van der Waals surface area contributed by atoms with Crippen LogP contribution < -0.4 is 4.72 Å². The molecule has 1 fully saturated rings. The molecule has 0 spiro atoms. The SMILES string of the molecule is CCN(CC)C(=O)[C@H]1C[C@@H](c2ccco2)NS(=O)(=O)N1C. The molecule has 0 unspecified atom stereocenters. The molecule has 1 saturated heterocycles. The number of carbonyl (C=O) groups is 1.